The van der Waals surface area contributed by atoms with Crippen LogP contribution >= 0.6 is 28.1 Å². The lowest BCUT2D eigenvalue weighted by Crippen LogP contribution is -2.43. The molecule has 0 heterocycles. The van der Waals surface area contributed by atoms with Crippen molar-refractivity contribution in [2.45, 2.75) is 32.6 Å². The molecule has 3 N–H and O–H groups in total. The molecule has 0 spiro atoms. The molecule has 5 heteroatoms. The third-order valence-electron chi connectivity index (χ3n) is 3.79. The van der Waals surface area contributed by atoms with Crippen molar-refractivity contribution >= 4 is 44.7 Å². The fourth-order valence-corrected chi connectivity index (χ4v) is 3.16. The summed E-state index contributed by atoms with van der Waals surface area (Å²) < 4.78 is 0.973. The molecular weight excluding hydrogens is 324 g/mol. The Balaban J connectivity index is 2.20. The smallest absolute Gasteiger partial charge is 0.237 e. The van der Waals surface area contributed by atoms with Crippen LogP contribution in [0.5, 0.6) is 0 Å². The van der Waals surface area contributed by atoms with Gasteiger partial charge in [0, 0.05) is 10.2 Å². The Labute approximate surface area is 127 Å². The van der Waals surface area contributed by atoms with Gasteiger partial charge in [-0.25, -0.2) is 0 Å². The third-order valence-corrected chi connectivity index (χ3v) is 5.04. The Bertz CT molecular complexity index is 524. The molecule has 0 saturated heterocycles. The van der Waals surface area contributed by atoms with Gasteiger partial charge in [0.1, 0.15) is 0 Å². The molecule has 0 aliphatic heterocycles. The number of hydrogen-bond donors (Lipinski definition) is 2. The van der Waals surface area contributed by atoms with E-state index < -0.39 is 5.41 Å². The molecule has 19 heavy (non-hydrogen) atoms. The van der Waals surface area contributed by atoms with E-state index in [1.54, 1.807) is 0 Å². The largest absolute Gasteiger partial charge is 0.392 e. The first-order chi connectivity index (χ1) is 8.95. The van der Waals surface area contributed by atoms with Gasteiger partial charge in [-0.05, 0) is 37.5 Å². The maximum atomic E-state index is 12.5. The molecule has 1 aromatic rings. The number of nitrogens with one attached hydrogen (secondary N) is 1. The van der Waals surface area contributed by atoms with Crippen molar-refractivity contribution in [1.29, 1.82) is 0 Å². The molecule has 0 unspecified atom stereocenters. The molecule has 0 atom stereocenters. The van der Waals surface area contributed by atoms with Crippen LogP contribution in [0.4, 0.5) is 5.69 Å². The van der Waals surface area contributed by atoms with Crippen molar-refractivity contribution in [3.05, 3.63) is 28.2 Å². The quantitative estimate of drug-likeness (QED) is 0.827. The van der Waals surface area contributed by atoms with Gasteiger partial charge in [0.15, 0.2) is 0 Å². The topological polar surface area (TPSA) is 55.1 Å². The highest BCUT2D eigenvalue weighted by atomic mass is 79.9. The van der Waals surface area contributed by atoms with E-state index in [-0.39, 0.29) is 5.91 Å². The minimum Gasteiger partial charge on any atom is -0.392 e. The zero-order chi connectivity index (χ0) is 14.0. The summed E-state index contributed by atoms with van der Waals surface area (Å²) >= 11 is 8.57. The summed E-state index contributed by atoms with van der Waals surface area (Å²) in [4.78, 5) is 12.8. The van der Waals surface area contributed by atoms with Crippen LogP contribution in [0.25, 0.3) is 0 Å². The van der Waals surface area contributed by atoms with E-state index in [1.807, 2.05) is 25.1 Å². The van der Waals surface area contributed by atoms with Gasteiger partial charge in [-0.1, -0.05) is 47.1 Å². The predicted molar refractivity (Wildman–Crippen MR) is 85.2 cm³/mol. The van der Waals surface area contributed by atoms with Gasteiger partial charge in [-0.15, -0.1) is 0 Å². The van der Waals surface area contributed by atoms with Crippen LogP contribution in [0, 0.1) is 12.3 Å². The number of thiocarbonyl (C=S) groups is 1. The second-order valence-electron chi connectivity index (χ2n) is 5.07. The number of benzene rings is 1. The summed E-state index contributed by atoms with van der Waals surface area (Å²) in [6.45, 7) is 2.00. The van der Waals surface area contributed by atoms with Crippen LogP contribution in [-0.4, -0.2) is 10.9 Å². The van der Waals surface area contributed by atoms with Gasteiger partial charge >= 0.3 is 0 Å². The maximum absolute atomic E-state index is 12.5. The van der Waals surface area contributed by atoms with Crippen LogP contribution in [0.1, 0.15) is 31.2 Å². The first-order valence-electron chi connectivity index (χ1n) is 6.33. The molecular formula is C14H17BrN2OS. The molecule has 1 amide bonds. The number of anilines is 1. The standard InChI is InChI=1S/C14H17BrN2OS/c1-9-4-5-10(8-11(9)15)17-13(18)14(12(16)19)6-2-3-7-14/h4-5,8H,2-3,6-7H2,1H3,(H2,16,19)(H,17,18). The normalized spacial score (nSPS) is 17.2. The van der Waals surface area contributed by atoms with E-state index >= 15 is 0 Å². The van der Waals surface area contributed by atoms with Crippen molar-refractivity contribution in [2.24, 2.45) is 11.1 Å². The minimum atomic E-state index is -0.660. The lowest BCUT2D eigenvalue weighted by molar-refractivity contribution is -0.122. The van der Waals surface area contributed by atoms with E-state index in [4.69, 9.17) is 18.0 Å². The molecule has 1 aliphatic carbocycles. The SMILES string of the molecule is Cc1ccc(NC(=O)C2(C(N)=S)CCCC2)cc1Br. The monoisotopic (exact) mass is 340 g/mol. The molecule has 1 aromatic carbocycles. The van der Waals surface area contributed by atoms with E-state index in [9.17, 15) is 4.79 Å². The van der Waals surface area contributed by atoms with Crippen molar-refractivity contribution < 1.29 is 4.79 Å². The van der Waals surface area contributed by atoms with E-state index in [0.717, 1.165) is 41.4 Å². The minimum absolute atomic E-state index is 0.0757. The number of nitrogens with two attached hydrogens (primary N) is 1. The summed E-state index contributed by atoms with van der Waals surface area (Å²) in [5, 5.41) is 2.94. The number of carbonyl (C=O) groups is 1. The van der Waals surface area contributed by atoms with Crippen LogP contribution in [-0.2, 0) is 4.79 Å². The third kappa shape index (κ3) is 2.82. The number of hydrogen-bond acceptors (Lipinski definition) is 2. The molecule has 1 fully saturated rings. The molecule has 1 saturated carbocycles. The number of amides is 1. The van der Waals surface area contributed by atoms with Gasteiger partial charge in [-0.3, -0.25) is 4.79 Å². The van der Waals surface area contributed by atoms with Gasteiger partial charge < -0.3 is 11.1 Å². The van der Waals surface area contributed by atoms with Gasteiger partial charge in [0.25, 0.3) is 0 Å². The second-order valence-corrected chi connectivity index (χ2v) is 6.37. The zero-order valence-electron chi connectivity index (χ0n) is 10.8. The van der Waals surface area contributed by atoms with Crippen LogP contribution in [0.3, 0.4) is 0 Å². The highest BCUT2D eigenvalue weighted by molar-refractivity contribution is 9.10. The van der Waals surface area contributed by atoms with Gasteiger partial charge in [-0.2, -0.15) is 0 Å². The first-order valence-corrected chi connectivity index (χ1v) is 7.53. The molecule has 1 aliphatic rings. The molecule has 0 bridgehead atoms. The lowest BCUT2D eigenvalue weighted by Gasteiger charge is -2.26. The fourth-order valence-electron chi connectivity index (χ4n) is 2.49. The molecule has 3 nitrogen and oxygen atoms in total. The fraction of sp³-hybridized carbons (Fsp3) is 0.429. The van der Waals surface area contributed by atoms with Crippen molar-refractivity contribution in [3.63, 3.8) is 0 Å². The van der Waals surface area contributed by atoms with E-state index in [2.05, 4.69) is 21.2 Å². The number of halogens is 1. The Morgan fingerprint density at radius 2 is 2.05 bits per heavy atom. The summed E-state index contributed by atoms with van der Waals surface area (Å²) in [6, 6.07) is 5.75. The molecule has 2 rings (SSSR count). The molecule has 0 radical (unpaired) electrons. The average Bonchev–Trinajstić information content (AvgIpc) is 2.84. The van der Waals surface area contributed by atoms with E-state index in [1.165, 1.54) is 0 Å². The summed E-state index contributed by atoms with van der Waals surface area (Å²) in [5.41, 5.74) is 7.04. The zero-order valence-corrected chi connectivity index (χ0v) is 13.2. The Morgan fingerprint density at radius 3 is 2.58 bits per heavy atom. The summed E-state index contributed by atoms with van der Waals surface area (Å²) in [7, 11) is 0. The van der Waals surface area contributed by atoms with Crippen LogP contribution in [0.2, 0.25) is 0 Å². The number of carbonyl (C=O) groups excluding carboxylic acids is 1. The summed E-state index contributed by atoms with van der Waals surface area (Å²) in [5.74, 6) is -0.0757. The predicted octanol–water partition coefficient (Wildman–Crippen LogP) is 3.54. The highest BCUT2D eigenvalue weighted by Gasteiger charge is 2.43. The lowest BCUT2D eigenvalue weighted by atomic mass is 9.85. The Kier molecular flexibility index (Phi) is 4.26. The second kappa shape index (κ2) is 5.59. The van der Waals surface area contributed by atoms with Crippen molar-refractivity contribution in [1.82, 2.24) is 0 Å². The van der Waals surface area contributed by atoms with Crippen LogP contribution in [0.15, 0.2) is 22.7 Å². The van der Waals surface area contributed by atoms with Crippen molar-refractivity contribution in [3.8, 4) is 0 Å². The molecule has 0 aromatic heterocycles. The average molecular weight is 341 g/mol. The van der Waals surface area contributed by atoms with Crippen molar-refractivity contribution in [2.75, 3.05) is 5.32 Å². The highest BCUT2D eigenvalue weighted by Crippen LogP contribution is 2.39. The first kappa shape index (κ1) is 14.5. The van der Waals surface area contributed by atoms with Crippen LogP contribution < -0.4 is 11.1 Å². The van der Waals surface area contributed by atoms with Gasteiger partial charge in [0.2, 0.25) is 5.91 Å². The van der Waals surface area contributed by atoms with E-state index in [0.29, 0.717) is 4.99 Å². The van der Waals surface area contributed by atoms with Gasteiger partial charge in [0.05, 0.1) is 10.4 Å². The Morgan fingerprint density at radius 1 is 1.42 bits per heavy atom. The summed E-state index contributed by atoms with van der Waals surface area (Å²) in [6.07, 6.45) is 3.51. The molecule has 102 valence electrons. The number of aryl methyl sites for hydroxylation is 1. The Hall–Kier alpha value is -0.940. The number of rotatable bonds is 3. The maximum Gasteiger partial charge on any atom is 0.237 e.